The summed E-state index contributed by atoms with van der Waals surface area (Å²) in [6.45, 7) is 2.06. The summed E-state index contributed by atoms with van der Waals surface area (Å²) in [4.78, 5) is 35.4. The number of benzene rings is 1. The van der Waals surface area contributed by atoms with Crippen molar-refractivity contribution in [3.8, 4) is 10.7 Å². The SMILES string of the molecule is Cc1ccccc1CSc1nc(-c2cccs2)nc2c1c(=O)n(C)c(=O)n2C. The molecule has 8 heteroatoms. The third-order valence-corrected chi connectivity index (χ3v) is 6.52. The summed E-state index contributed by atoms with van der Waals surface area (Å²) in [7, 11) is 3.11. The molecule has 0 aliphatic heterocycles. The Labute approximate surface area is 169 Å². The van der Waals surface area contributed by atoms with Gasteiger partial charge in [0.25, 0.3) is 5.56 Å². The largest absolute Gasteiger partial charge is 0.332 e. The van der Waals surface area contributed by atoms with Crippen molar-refractivity contribution >= 4 is 34.1 Å². The minimum absolute atomic E-state index is 0.360. The molecule has 0 saturated heterocycles. The highest BCUT2D eigenvalue weighted by molar-refractivity contribution is 7.98. The first kappa shape index (κ1) is 18.6. The van der Waals surface area contributed by atoms with E-state index in [9.17, 15) is 9.59 Å². The van der Waals surface area contributed by atoms with Crippen LogP contribution in [0.3, 0.4) is 0 Å². The van der Waals surface area contributed by atoms with Gasteiger partial charge in [0, 0.05) is 19.8 Å². The monoisotopic (exact) mass is 410 g/mol. The van der Waals surface area contributed by atoms with Gasteiger partial charge in [0.15, 0.2) is 11.5 Å². The van der Waals surface area contributed by atoms with Gasteiger partial charge < -0.3 is 0 Å². The van der Waals surface area contributed by atoms with E-state index >= 15 is 0 Å². The van der Waals surface area contributed by atoms with Crippen LogP contribution in [0.1, 0.15) is 11.1 Å². The second-order valence-corrected chi connectivity index (χ2v) is 8.36. The Morgan fingerprint density at radius 2 is 1.82 bits per heavy atom. The van der Waals surface area contributed by atoms with E-state index in [1.807, 2.05) is 29.6 Å². The highest BCUT2D eigenvalue weighted by Crippen LogP contribution is 2.30. The van der Waals surface area contributed by atoms with E-state index in [1.54, 1.807) is 7.05 Å². The number of nitrogens with zero attached hydrogens (tertiary/aromatic N) is 4. The van der Waals surface area contributed by atoms with Crippen molar-refractivity contribution in [3.05, 3.63) is 73.7 Å². The minimum Gasteiger partial charge on any atom is -0.280 e. The third kappa shape index (κ3) is 3.18. The van der Waals surface area contributed by atoms with E-state index in [-0.39, 0.29) is 5.56 Å². The summed E-state index contributed by atoms with van der Waals surface area (Å²) in [5, 5.41) is 2.92. The molecular weight excluding hydrogens is 392 g/mol. The zero-order chi connectivity index (χ0) is 19.8. The number of thioether (sulfide) groups is 1. The van der Waals surface area contributed by atoms with Crippen molar-refractivity contribution in [1.82, 2.24) is 19.1 Å². The number of aromatic nitrogens is 4. The highest BCUT2D eigenvalue weighted by Gasteiger charge is 2.18. The van der Waals surface area contributed by atoms with Crippen LogP contribution in [0.5, 0.6) is 0 Å². The predicted octanol–water partition coefficient (Wildman–Crippen LogP) is 3.36. The maximum atomic E-state index is 12.9. The van der Waals surface area contributed by atoms with Gasteiger partial charge >= 0.3 is 5.69 Å². The number of hydrogen-bond acceptors (Lipinski definition) is 6. The van der Waals surface area contributed by atoms with Crippen LogP contribution in [-0.4, -0.2) is 19.1 Å². The number of hydrogen-bond donors (Lipinski definition) is 0. The highest BCUT2D eigenvalue weighted by atomic mass is 32.2. The average Bonchev–Trinajstić information content (AvgIpc) is 3.24. The molecule has 3 heterocycles. The number of fused-ring (bicyclic) bond motifs is 1. The van der Waals surface area contributed by atoms with Gasteiger partial charge in [-0.1, -0.05) is 30.3 Å². The Bertz CT molecular complexity index is 1290. The molecule has 0 amide bonds. The molecule has 0 bridgehead atoms. The fraction of sp³-hybridized carbons (Fsp3) is 0.200. The van der Waals surface area contributed by atoms with Gasteiger partial charge in [0.2, 0.25) is 0 Å². The molecule has 4 aromatic rings. The van der Waals surface area contributed by atoms with Crippen LogP contribution >= 0.6 is 23.1 Å². The molecule has 28 heavy (non-hydrogen) atoms. The number of thiophene rings is 1. The zero-order valence-electron chi connectivity index (χ0n) is 15.7. The quantitative estimate of drug-likeness (QED) is 0.381. The zero-order valence-corrected chi connectivity index (χ0v) is 17.3. The molecule has 0 atom stereocenters. The third-order valence-electron chi connectivity index (χ3n) is 4.63. The summed E-state index contributed by atoms with van der Waals surface area (Å²) in [6.07, 6.45) is 0. The summed E-state index contributed by atoms with van der Waals surface area (Å²) >= 11 is 3.01. The maximum absolute atomic E-state index is 12.9. The van der Waals surface area contributed by atoms with E-state index in [0.717, 1.165) is 9.44 Å². The summed E-state index contributed by atoms with van der Waals surface area (Å²) in [6, 6.07) is 12.0. The van der Waals surface area contributed by atoms with Crippen LogP contribution in [0, 0.1) is 6.92 Å². The Morgan fingerprint density at radius 3 is 2.54 bits per heavy atom. The normalized spacial score (nSPS) is 11.2. The molecule has 0 aliphatic carbocycles. The molecule has 4 rings (SSSR count). The van der Waals surface area contributed by atoms with Crippen molar-refractivity contribution in [3.63, 3.8) is 0 Å². The molecule has 0 aliphatic rings. The van der Waals surface area contributed by atoms with Crippen molar-refractivity contribution < 1.29 is 0 Å². The molecule has 0 unspecified atom stereocenters. The van der Waals surface area contributed by atoms with Crippen molar-refractivity contribution in [2.75, 3.05) is 0 Å². The van der Waals surface area contributed by atoms with Gasteiger partial charge in [-0.3, -0.25) is 13.9 Å². The lowest BCUT2D eigenvalue weighted by Crippen LogP contribution is -2.37. The van der Waals surface area contributed by atoms with Gasteiger partial charge in [-0.25, -0.2) is 14.8 Å². The Balaban J connectivity index is 1.93. The molecule has 0 N–H and O–H groups in total. The topological polar surface area (TPSA) is 69.8 Å². The second-order valence-electron chi connectivity index (χ2n) is 6.45. The van der Waals surface area contributed by atoms with Crippen LogP contribution < -0.4 is 11.2 Å². The lowest BCUT2D eigenvalue weighted by molar-refractivity contribution is 0.703. The fourth-order valence-corrected chi connectivity index (χ4v) is 4.72. The van der Waals surface area contributed by atoms with Crippen LogP contribution in [0.2, 0.25) is 0 Å². The molecule has 0 fully saturated rings. The Hall–Kier alpha value is -2.71. The van der Waals surface area contributed by atoms with E-state index < -0.39 is 5.69 Å². The summed E-state index contributed by atoms with van der Waals surface area (Å²) in [5.74, 6) is 1.20. The van der Waals surface area contributed by atoms with Gasteiger partial charge in [0.1, 0.15) is 10.4 Å². The molecule has 6 nitrogen and oxygen atoms in total. The smallest absolute Gasteiger partial charge is 0.280 e. The number of aryl methyl sites for hydroxylation is 2. The summed E-state index contributed by atoms with van der Waals surface area (Å²) in [5.41, 5.74) is 1.95. The molecule has 3 aromatic heterocycles. The van der Waals surface area contributed by atoms with Gasteiger partial charge in [0.05, 0.1) is 4.88 Å². The van der Waals surface area contributed by atoms with Gasteiger partial charge in [-0.15, -0.1) is 23.1 Å². The minimum atomic E-state index is -0.400. The molecular formula is C20H18N4O2S2. The summed E-state index contributed by atoms with van der Waals surface area (Å²) < 4.78 is 2.52. The molecule has 0 saturated carbocycles. The maximum Gasteiger partial charge on any atom is 0.332 e. The lowest BCUT2D eigenvalue weighted by atomic mass is 10.1. The fourth-order valence-electron chi connectivity index (χ4n) is 2.97. The Morgan fingerprint density at radius 1 is 1.04 bits per heavy atom. The average molecular weight is 411 g/mol. The standard InChI is InChI=1S/C20H18N4O2S2/c1-12-7-4-5-8-13(12)11-28-18-15-17(23(2)20(26)24(3)19(15)25)21-16(22-18)14-9-6-10-27-14/h4-10H,11H2,1-3H3. The molecule has 0 spiro atoms. The van der Waals surface area contributed by atoms with Crippen molar-refractivity contribution in [1.29, 1.82) is 0 Å². The number of rotatable bonds is 4. The lowest BCUT2D eigenvalue weighted by Gasteiger charge is -2.12. The first-order valence-corrected chi connectivity index (χ1v) is 10.5. The first-order valence-electron chi connectivity index (χ1n) is 8.66. The molecule has 1 aromatic carbocycles. The van der Waals surface area contributed by atoms with Crippen molar-refractivity contribution in [2.24, 2.45) is 14.1 Å². The van der Waals surface area contributed by atoms with E-state index in [0.29, 0.717) is 27.6 Å². The van der Waals surface area contributed by atoms with Crippen LogP contribution in [0.25, 0.3) is 21.7 Å². The second kappa shape index (κ2) is 7.37. The van der Waals surface area contributed by atoms with Crippen LogP contribution in [0.15, 0.2) is 56.4 Å². The Kier molecular flexibility index (Phi) is 4.91. The van der Waals surface area contributed by atoms with Crippen LogP contribution in [0.4, 0.5) is 0 Å². The van der Waals surface area contributed by atoms with E-state index in [2.05, 4.69) is 24.0 Å². The van der Waals surface area contributed by atoms with Gasteiger partial charge in [-0.2, -0.15) is 0 Å². The first-order chi connectivity index (χ1) is 13.5. The van der Waals surface area contributed by atoms with E-state index in [4.69, 9.17) is 4.98 Å². The van der Waals surface area contributed by atoms with Gasteiger partial charge in [-0.05, 0) is 29.5 Å². The van der Waals surface area contributed by atoms with E-state index in [1.165, 1.54) is 45.8 Å². The van der Waals surface area contributed by atoms with Crippen molar-refractivity contribution in [2.45, 2.75) is 17.7 Å². The molecule has 0 radical (unpaired) electrons. The molecule has 142 valence electrons. The van der Waals surface area contributed by atoms with Crippen LogP contribution in [-0.2, 0) is 19.8 Å². The predicted molar refractivity (Wildman–Crippen MR) is 114 cm³/mol.